The van der Waals surface area contributed by atoms with E-state index in [2.05, 4.69) is 10.1 Å². The van der Waals surface area contributed by atoms with Crippen molar-refractivity contribution < 1.29 is 31.5 Å². The van der Waals surface area contributed by atoms with Crippen LogP contribution in [-0.2, 0) is 9.53 Å². The van der Waals surface area contributed by atoms with Gasteiger partial charge in [0.2, 0.25) is 5.91 Å². The molecule has 1 aromatic carbocycles. The molecule has 1 aromatic rings. The van der Waals surface area contributed by atoms with Crippen LogP contribution in [0.1, 0.15) is 0 Å². The van der Waals surface area contributed by atoms with Crippen LogP contribution in [-0.4, -0.2) is 31.5 Å². The Morgan fingerprint density at radius 1 is 1.40 bits per heavy atom. The van der Waals surface area contributed by atoms with Crippen molar-refractivity contribution in [1.29, 1.82) is 0 Å². The standard InChI is InChI=1S/C11H11F5N2O2/c12-6-1-2-8(7(17)3-6)18-9(19)4-20-5-11(15,16)10(13)14/h1-3,10H,4-5,17H2,(H,18,19). The summed E-state index contributed by atoms with van der Waals surface area (Å²) in [6.45, 7) is -2.45. The van der Waals surface area contributed by atoms with Crippen molar-refractivity contribution in [2.45, 2.75) is 12.3 Å². The van der Waals surface area contributed by atoms with Gasteiger partial charge in [-0.3, -0.25) is 4.79 Å². The number of nitrogens with one attached hydrogen (secondary N) is 1. The van der Waals surface area contributed by atoms with E-state index in [0.29, 0.717) is 0 Å². The predicted molar refractivity (Wildman–Crippen MR) is 61.2 cm³/mol. The quantitative estimate of drug-likeness (QED) is 0.625. The van der Waals surface area contributed by atoms with Gasteiger partial charge in [0.1, 0.15) is 19.0 Å². The van der Waals surface area contributed by atoms with Gasteiger partial charge < -0.3 is 15.8 Å². The Morgan fingerprint density at radius 2 is 2.05 bits per heavy atom. The van der Waals surface area contributed by atoms with E-state index in [1.807, 2.05) is 0 Å². The molecule has 1 rings (SSSR count). The number of benzene rings is 1. The number of carbonyl (C=O) groups is 1. The van der Waals surface area contributed by atoms with Crippen molar-refractivity contribution in [2.75, 3.05) is 24.3 Å². The lowest BCUT2D eigenvalue weighted by molar-refractivity contribution is -0.167. The van der Waals surface area contributed by atoms with E-state index in [1.165, 1.54) is 0 Å². The van der Waals surface area contributed by atoms with Crippen molar-refractivity contribution in [1.82, 2.24) is 0 Å². The van der Waals surface area contributed by atoms with Gasteiger partial charge in [-0.2, -0.15) is 8.78 Å². The van der Waals surface area contributed by atoms with E-state index in [9.17, 15) is 26.7 Å². The van der Waals surface area contributed by atoms with Crippen LogP contribution in [0.15, 0.2) is 18.2 Å². The number of hydrogen-bond donors (Lipinski definition) is 2. The lowest BCUT2D eigenvalue weighted by Gasteiger charge is -2.15. The number of amides is 1. The van der Waals surface area contributed by atoms with Gasteiger partial charge in [-0.1, -0.05) is 0 Å². The van der Waals surface area contributed by atoms with E-state index in [-0.39, 0.29) is 11.4 Å². The van der Waals surface area contributed by atoms with Crippen LogP contribution in [0.2, 0.25) is 0 Å². The highest BCUT2D eigenvalue weighted by atomic mass is 19.3. The minimum atomic E-state index is -4.32. The molecule has 112 valence electrons. The predicted octanol–water partition coefficient (Wildman–Crippen LogP) is 2.26. The van der Waals surface area contributed by atoms with Crippen LogP contribution in [0, 0.1) is 5.82 Å². The van der Waals surface area contributed by atoms with Gasteiger partial charge in [0.15, 0.2) is 0 Å². The first kappa shape index (κ1) is 16.2. The molecule has 0 heterocycles. The summed E-state index contributed by atoms with van der Waals surface area (Å²) in [4.78, 5) is 11.3. The molecule has 0 atom stereocenters. The molecule has 0 saturated carbocycles. The molecule has 0 aliphatic heterocycles. The average Bonchev–Trinajstić information content (AvgIpc) is 2.32. The third kappa shape index (κ3) is 4.65. The van der Waals surface area contributed by atoms with Gasteiger partial charge >= 0.3 is 12.3 Å². The minimum Gasteiger partial charge on any atom is -0.397 e. The molecule has 0 aromatic heterocycles. The monoisotopic (exact) mass is 298 g/mol. The molecule has 9 heteroatoms. The first-order chi connectivity index (χ1) is 9.22. The van der Waals surface area contributed by atoms with Gasteiger partial charge in [0.05, 0.1) is 11.4 Å². The number of alkyl halides is 4. The van der Waals surface area contributed by atoms with E-state index in [0.717, 1.165) is 18.2 Å². The van der Waals surface area contributed by atoms with Gasteiger partial charge in [-0.25, -0.2) is 13.2 Å². The average molecular weight is 298 g/mol. The Morgan fingerprint density at radius 3 is 2.60 bits per heavy atom. The number of carbonyl (C=O) groups excluding carboxylic acids is 1. The summed E-state index contributed by atoms with van der Waals surface area (Å²) < 4.78 is 65.4. The van der Waals surface area contributed by atoms with Crippen molar-refractivity contribution in [3.8, 4) is 0 Å². The second-order valence-corrected chi connectivity index (χ2v) is 3.83. The van der Waals surface area contributed by atoms with Crippen molar-refractivity contribution >= 4 is 17.3 Å². The molecule has 0 aliphatic carbocycles. The van der Waals surface area contributed by atoms with E-state index in [1.54, 1.807) is 0 Å². The van der Waals surface area contributed by atoms with E-state index in [4.69, 9.17) is 5.73 Å². The summed E-state index contributed by atoms with van der Waals surface area (Å²) in [6.07, 6.45) is -3.88. The molecule has 0 spiro atoms. The maximum Gasteiger partial charge on any atom is 0.330 e. The van der Waals surface area contributed by atoms with Crippen molar-refractivity contribution in [2.24, 2.45) is 0 Å². The molecule has 0 saturated heterocycles. The van der Waals surface area contributed by atoms with Gasteiger partial charge in [-0.15, -0.1) is 0 Å². The number of anilines is 2. The summed E-state index contributed by atoms with van der Waals surface area (Å²) in [6, 6.07) is 3.13. The van der Waals surface area contributed by atoms with Crippen LogP contribution >= 0.6 is 0 Å². The summed E-state index contributed by atoms with van der Waals surface area (Å²) in [5, 5.41) is 2.16. The van der Waals surface area contributed by atoms with Gasteiger partial charge in [0.25, 0.3) is 0 Å². The number of nitrogen functional groups attached to an aromatic ring is 1. The molecule has 3 N–H and O–H groups in total. The highest BCUT2D eigenvalue weighted by molar-refractivity contribution is 5.94. The van der Waals surface area contributed by atoms with Crippen LogP contribution in [0.4, 0.5) is 33.3 Å². The number of nitrogens with two attached hydrogens (primary N) is 1. The van der Waals surface area contributed by atoms with Gasteiger partial charge in [0, 0.05) is 0 Å². The Hall–Kier alpha value is -1.90. The molecule has 0 fully saturated rings. The molecule has 0 bridgehead atoms. The fraction of sp³-hybridized carbons (Fsp3) is 0.364. The number of rotatable bonds is 6. The van der Waals surface area contributed by atoms with Gasteiger partial charge in [-0.05, 0) is 18.2 Å². The summed E-state index contributed by atoms with van der Waals surface area (Å²) in [7, 11) is 0. The van der Waals surface area contributed by atoms with Crippen molar-refractivity contribution in [3.63, 3.8) is 0 Å². The zero-order valence-corrected chi connectivity index (χ0v) is 10.0. The van der Waals surface area contributed by atoms with E-state index < -0.39 is 37.3 Å². The third-order valence-corrected chi connectivity index (χ3v) is 2.13. The Kier molecular flexibility index (Phi) is 5.26. The minimum absolute atomic E-state index is 0.0561. The van der Waals surface area contributed by atoms with Crippen LogP contribution in [0.5, 0.6) is 0 Å². The fourth-order valence-corrected chi connectivity index (χ4v) is 1.18. The molecular formula is C11H11F5N2O2. The molecule has 1 amide bonds. The summed E-state index contributed by atoms with van der Waals surface area (Å²) >= 11 is 0. The number of hydrogen-bond acceptors (Lipinski definition) is 3. The maximum atomic E-state index is 12.7. The topological polar surface area (TPSA) is 64.3 Å². The largest absolute Gasteiger partial charge is 0.397 e. The smallest absolute Gasteiger partial charge is 0.330 e. The zero-order chi connectivity index (χ0) is 15.3. The summed E-state index contributed by atoms with van der Waals surface area (Å²) in [5.41, 5.74) is 5.38. The molecular weight excluding hydrogens is 287 g/mol. The lowest BCUT2D eigenvalue weighted by Crippen LogP contribution is -2.34. The highest BCUT2D eigenvalue weighted by Gasteiger charge is 2.41. The number of ether oxygens (including phenoxy) is 1. The zero-order valence-electron chi connectivity index (χ0n) is 10.0. The highest BCUT2D eigenvalue weighted by Crippen LogP contribution is 2.23. The molecule has 0 radical (unpaired) electrons. The second kappa shape index (κ2) is 6.51. The third-order valence-electron chi connectivity index (χ3n) is 2.13. The Bertz CT molecular complexity index is 482. The normalized spacial score (nSPS) is 11.7. The molecule has 20 heavy (non-hydrogen) atoms. The number of halogens is 5. The van der Waals surface area contributed by atoms with Crippen LogP contribution in [0.3, 0.4) is 0 Å². The lowest BCUT2D eigenvalue weighted by atomic mass is 10.2. The van der Waals surface area contributed by atoms with Crippen LogP contribution < -0.4 is 11.1 Å². The second-order valence-electron chi connectivity index (χ2n) is 3.83. The molecule has 0 unspecified atom stereocenters. The Labute approximate surface area is 110 Å². The maximum absolute atomic E-state index is 12.7. The molecule has 0 aliphatic rings. The first-order valence-electron chi connectivity index (χ1n) is 5.31. The van der Waals surface area contributed by atoms with Crippen LogP contribution in [0.25, 0.3) is 0 Å². The SMILES string of the molecule is Nc1cc(F)ccc1NC(=O)COCC(F)(F)C(F)F. The summed E-state index contributed by atoms with van der Waals surface area (Å²) in [5.74, 6) is -5.82. The fourth-order valence-electron chi connectivity index (χ4n) is 1.18. The first-order valence-corrected chi connectivity index (χ1v) is 5.31. The molecule has 4 nitrogen and oxygen atoms in total. The Balaban J connectivity index is 2.45. The van der Waals surface area contributed by atoms with E-state index >= 15 is 0 Å². The van der Waals surface area contributed by atoms with Crippen molar-refractivity contribution in [3.05, 3.63) is 24.0 Å².